The van der Waals surface area contributed by atoms with Gasteiger partial charge in [-0.2, -0.15) is 0 Å². The number of pyridine rings is 1. The van der Waals surface area contributed by atoms with Crippen molar-refractivity contribution in [2.45, 2.75) is 45.8 Å². The van der Waals surface area contributed by atoms with Crippen molar-refractivity contribution in [2.75, 3.05) is 0 Å². The van der Waals surface area contributed by atoms with Gasteiger partial charge in [-0.05, 0) is 29.8 Å². The number of benzene rings is 1. The molecule has 1 nitrogen and oxygen atoms in total. The first-order valence-electron chi connectivity index (χ1n) is 7.70. The lowest BCUT2D eigenvalue weighted by Crippen LogP contribution is -2.47. The Morgan fingerprint density at radius 2 is 1.60 bits per heavy atom. The Hall–Kier alpha value is -1.41. The van der Waals surface area contributed by atoms with E-state index in [9.17, 15) is 0 Å². The molecule has 0 unspecified atom stereocenters. The normalized spacial score (nSPS) is 11.6. The minimum atomic E-state index is -1.39. The predicted octanol–water partition coefficient (Wildman–Crippen LogP) is 4.77. The van der Waals surface area contributed by atoms with E-state index in [0.29, 0.717) is 0 Å². The quantitative estimate of drug-likeness (QED) is 0.720. The van der Waals surface area contributed by atoms with Gasteiger partial charge in [0.05, 0.1) is 13.8 Å². The van der Waals surface area contributed by atoms with E-state index in [0.717, 1.165) is 5.69 Å². The third kappa shape index (κ3) is 2.57. The SMILES string of the molecule is CC[Si](CC)(CC)c1cccc(C)c1-c1ccccn1. The summed E-state index contributed by atoms with van der Waals surface area (Å²) in [6.45, 7) is 9.31. The van der Waals surface area contributed by atoms with Gasteiger partial charge in [-0.1, -0.05) is 63.2 Å². The Labute approximate surface area is 124 Å². The van der Waals surface area contributed by atoms with E-state index >= 15 is 0 Å². The molecule has 2 rings (SSSR count). The highest BCUT2D eigenvalue weighted by atomic mass is 28.3. The lowest BCUT2D eigenvalue weighted by atomic mass is 10.1. The topological polar surface area (TPSA) is 12.9 Å². The highest BCUT2D eigenvalue weighted by Gasteiger charge is 2.32. The zero-order valence-electron chi connectivity index (χ0n) is 13.1. The number of aryl methyl sites for hydroxylation is 1. The van der Waals surface area contributed by atoms with Gasteiger partial charge in [0.2, 0.25) is 0 Å². The molecule has 0 amide bonds. The Bertz CT molecular complexity index is 551. The number of nitrogens with zero attached hydrogens (tertiary/aromatic N) is 1. The first kappa shape index (κ1) is 15.0. The molecule has 0 saturated carbocycles. The average Bonchev–Trinajstić information content (AvgIpc) is 2.51. The molecule has 1 aromatic heterocycles. The van der Waals surface area contributed by atoms with E-state index in [1.807, 2.05) is 12.3 Å². The van der Waals surface area contributed by atoms with E-state index in [-0.39, 0.29) is 0 Å². The van der Waals surface area contributed by atoms with Crippen LogP contribution < -0.4 is 5.19 Å². The van der Waals surface area contributed by atoms with Crippen LogP contribution in [0.1, 0.15) is 26.3 Å². The number of hydrogen-bond donors (Lipinski definition) is 0. The molecule has 2 heteroatoms. The summed E-state index contributed by atoms with van der Waals surface area (Å²) in [5, 5.41) is 1.60. The predicted molar refractivity (Wildman–Crippen MR) is 91.2 cm³/mol. The van der Waals surface area contributed by atoms with Crippen LogP contribution in [0, 0.1) is 6.92 Å². The molecule has 0 spiro atoms. The molecular weight excluding hydrogens is 258 g/mol. The Balaban J connectivity index is 2.69. The van der Waals surface area contributed by atoms with Gasteiger partial charge < -0.3 is 0 Å². The fourth-order valence-corrected chi connectivity index (χ4v) is 7.23. The number of hydrogen-bond acceptors (Lipinski definition) is 1. The average molecular weight is 283 g/mol. The molecule has 1 heterocycles. The van der Waals surface area contributed by atoms with Crippen LogP contribution in [0.5, 0.6) is 0 Å². The van der Waals surface area contributed by atoms with Crippen molar-refractivity contribution in [2.24, 2.45) is 0 Å². The van der Waals surface area contributed by atoms with Gasteiger partial charge in [0.25, 0.3) is 0 Å². The summed E-state index contributed by atoms with van der Waals surface area (Å²) in [5.41, 5.74) is 3.88. The monoisotopic (exact) mass is 283 g/mol. The molecular formula is C18H25NSi. The van der Waals surface area contributed by atoms with Gasteiger partial charge in [-0.25, -0.2) is 0 Å². The molecule has 0 saturated heterocycles. The fourth-order valence-electron chi connectivity index (χ4n) is 3.28. The Kier molecular flexibility index (Phi) is 4.76. The molecule has 2 aromatic rings. The molecule has 0 bridgehead atoms. The molecule has 0 fully saturated rings. The van der Waals surface area contributed by atoms with Crippen molar-refractivity contribution in [1.29, 1.82) is 0 Å². The second kappa shape index (κ2) is 6.36. The Morgan fingerprint density at radius 3 is 2.15 bits per heavy atom. The standard InChI is InChI=1S/C18H25NSi/c1-5-20(6-2,7-3)17-13-10-11-15(4)18(17)16-12-8-9-14-19-16/h8-14H,5-7H2,1-4H3. The molecule has 0 N–H and O–H groups in total. The van der Waals surface area contributed by atoms with Crippen molar-refractivity contribution in [3.63, 3.8) is 0 Å². The highest BCUT2D eigenvalue weighted by molar-refractivity contribution is 6.92. The second-order valence-corrected chi connectivity index (χ2v) is 10.8. The minimum Gasteiger partial charge on any atom is -0.256 e. The van der Waals surface area contributed by atoms with E-state index in [2.05, 4.69) is 63.0 Å². The molecule has 0 atom stereocenters. The van der Waals surface area contributed by atoms with Gasteiger partial charge in [0, 0.05) is 11.8 Å². The summed E-state index contributed by atoms with van der Waals surface area (Å²) < 4.78 is 0. The van der Waals surface area contributed by atoms with Gasteiger partial charge in [-0.3, -0.25) is 4.98 Å². The largest absolute Gasteiger partial charge is 0.256 e. The van der Waals surface area contributed by atoms with Crippen molar-refractivity contribution >= 4 is 13.3 Å². The maximum atomic E-state index is 4.61. The van der Waals surface area contributed by atoms with E-state index < -0.39 is 8.07 Å². The molecule has 0 aliphatic carbocycles. The van der Waals surface area contributed by atoms with Gasteiger partial charge >= 0.3 is 0 Å². The lowest BCUT2D eigenvalue weighted by molar-refractivity contribution is 1.19. The maximum absolute atomic E-state index is 4.61. The summed E-state index contributed by atoms with van der Waals surface area (Å²) in [6.07, 6.45) is 1.90. The van der Waals surface area contributed by atoms with Crippen LogP contribution in [0.3, 0.4) is 0 Å². The third-order valence-corrected chi connectivity index (χ3v) is 10.4. The zero-order valence-corrected chi connectivity index (χ0v) is 14.1. The molecule has 20 heavy (non-hydrogen) atoms. The van der Waals surface area contributed by atoms with Gasteiger partial charge in [0.1, 0.15) is 0 Å². The maximum Gasteiger partial charge on any atom is 0.0868 e. The molecule has 1 aromatic carbocycles. The van der Waals surface area contributed by atoms with Crippen LogP contribution in [0.15, 0.2) is 42.6 Å². The molecule has 0 aliphatic rings. The summed E-state index contributed by atoms with van der Waals surface area (Å²) in [7, 11) is -1.39. The highest BCUT2D eigenvalue weighted by Crippen LogP contribution is 2.28. The first-order valence-corrected chi connectivity index (χ1v) is 10.3. The van der Waals surface area contributed by atoms with Crippen LogP contribution in [-0.4, -0.2) is 13.1 Å². The van der Waals surface area contributed by atoms with Crippen LogP contribution in [-0.2, 0) is 0 Å². The number of rotatable bonds is 5. The summed E-state index contributed by atoms with van der Waals surface area (Å²) in [6, 6.07) is 17.0. The van der Waals surface area contributed by atoms with Crippen molar-refractivity contribution in [1.82, 2.24) is 4.98 Å². The van der Waals surface area contributed by atoms with Crippen LogP contribution in [0.25, 0.3) is 11.3 Å². The number of aromatic nitrogens is 1. The first-order chi connectivity index (χ1) is 9.68. The second-order valence-electron chi connectivity index (χ2n) is 5.55. The van der Waals surface area contributed by atoms with Gasteiger partial charge in [-0.15, -0.1) is 0 Å². The van der Waals surface area contributed by atoms with Gasteiger partial charge in [0.15, 0.2) is 0 Å². The molecule has 0 aliphatic heterocycles. The lowest BCUT2D eigenvalue weighted by Gasteiger charge is -2.31. The summed E-state index contributed by atoms with van der Waals surface area (Å²) >= 11 is 0. The zero-order chi connectivity index (χ0) is 14.6. The molecule has 106 valence electrons. The smallest absolute Gasteiger partial charge is 0.0868 e. The third-order valence-electron chi connectivity index (χ3n) is 4.80. The van der Waals surface area contributed by atoms with Crippen LogP contribution in [0.2, 0.25) is 18.1 Å². The van der Waals surface area contributed by atoms with E-state index in [1.165, 1.54) is 29.3 Å². The summed E-state index contributed by atoms with van der Waals surface area (Å²) in [5.74, 6) is 0. The van der Waals surface area contributed by atoms with Crippen LogP contribution >= 0.6 is 0 Å². The summed E-state index contributed by atoms with van der Waals surface area (Å²) in [4.78, 5) is 4.61. The van der Waals surface area contributed by atoms with E-state index in [4.69, 9.17) is 0 Å². The molecule has 0 radical (unpaired) electrons. The fraction of sp³-hybridized carbons (Fsp3) is 0.389. The van der Waals surface area contributed by atoms with Crippen molar-refractivity contribution < 1.29 is 0 Å². The minimum absolute atomic E-state index is 1.13. The van der Waals surface area contributed by atoms with Crippen LogP contribution in [0.4, 0.5) is 0 Å². The van der Waals surface area contributed by atoms with E-state index in [1.54, 1.807) is 5.19 Å². The van der Waals surface area contributed by atoms with Crippen molar-refractivity contribution in [3.8, 4) is 11.3 Å². The van der Waals surface area contributed by atoms with Crippen molar-refractivity contribution in [3.05, 3.63) is 48.2 Å². The Morgan fingerprint density at radius 1 is 0.900 bits per heavy atom.